The van der Waals surface area contributed by atoms with Gasteiger partial charge >= 0.3 is 212 Å². The van der Waals surface area contributed by atoms with Crippen molar-refractivity contribution in [2.45, 2.75) is 11.8 Å². The first-order valence-corrected chi connectivity index (χ1v) is 14.7. The molecule has 0 spiro atoms. The Morgan fingerprint density at radius 3 is 1.67 bits per heavy atom. The normalized spacial score (nSPS) is 24.7. The fourth-order valence-corrected chi connectivity index (χ4v) is 13.2. The van der Waals surface area contributed by atoms with Gasteiger partial charge in [-0.3, -0.25) is 0 Å². The fraction of sp³-hybridized carbons (Fsp3) is 0.0909. The van der Waals surface area contributed by atoms with Gasteiger partial charge in [0, 0.05) is 0 Å². The second kappa shape index (κ2) is 8.17. The zero-order valence-electron chi connectivity index (χ0n) is 19.9. The maximum atomic E-state index is 7.79. The van der Waals surface area contributed by atoms with Crippen molar-refractivity contribution in [1.29, 1.82) is 0 Å². The van der Waals surface area contributed by atoms with Gasteiger partial charge in [0.1, 0.15) is 0 Å². The zero-order chi connectivity index (χ0) is 24.0. The molecule has 2 nitrogen and oxygen atoms in total. The Kier molecular flexibility index (Phi) is 4.89. The Morgan fingerprint density at radius 2 is 1.08 bits per heavy atom. The Labute approximate surface area is 211 Å². The van der Waals surface area contributed by atoms with E-state index < -0.39 is 6.83 Å². The van der Waals surface area contributed by atoms with Crippen LogP contribution in [0.2, 0.25) is 0 Å². The molecule has 1 aliphatic heterocycles. The minimum absolute atomic E-state index is 0.131. The Bertz CT molecular complexity index is 1450. The summed E-state index contributed by atoms with van der Waals surface area (Å²) >= 11 is 0. The van der Waals surface area contributed by atoms with E-state index in [1.54, 1.807) is 0 Å². The van der Waals surface area contributed by atoms with Crippen molar-refractivity contribution in [2.75, 3.05) is 0 Å². The van der Waals surface area contributed by atoms with Crippen LogP contribution in [0.4, 0.5) is 0 Å². The summed E-state index contributed by atoms with van der Waals surface area (Å²) in [6.07, 6.45) is 8.85. The molecule has 3 heteroatoms. The molecule has 3 atom stereocenters. The summed E-state index contributed by atoms with van der Waals surface area (Å²) in [5.74, 6) is 1.02. The van der Waals surface area contributed by atoms with Crippen LogP contribution in [0, 0.1) is 5.92 Å². The van der Waals surface area contributed by atoms with Gasteiger partial charge in [0.25, 0.3) is 0 Å². The van der Waals surface area contributed by atoms with Gasteiger partial charge < -0.3 is 0 Å². The number of benzene rings is 4. The number of hydrogen-bond donors (Lipinski definition) is 0. The summed E-state index contributed by atoms with van der Waals surface area (Å²) in [6, 6.07) is 43.1. The third kappa shape index (κ3) is 2.80. The topological polar surface area (TPSA) is 22.4 Å². The van der Waals surface area contributed by atoms with E-state index in [2.05, 4.69) is 133 Å². The van der Waals surface area contributed by atoms with Gasteiger partial charge in [0.05, 0.1) is 0 Å². The van der Waals surface area contributed by atoms with E-state index in [1.807, 2.05) is 12.1 Å². The molecule has 0 saturated carbocycles. The first-order valence-electron chi connectivity index (χ1n) is 12.5. The summed E-state index contributed by atoms with van der Waals surface area (Å²) in [5, 5.41) is 4.84. The van der Waals surface area contributed by atoms with Crippen molar-refractivity contribution < 1.29 is 8.94 Å². The molecular weight excluding hydrogens is 459 g/mol. The van der Waals surface area contributed by atoms with Crippen LogP contribution in [0.25, 0.3) is 11.0 Å². The summed E-state index contributed by atoms with van der Waals surface area (Å²) in [4.78, 5) is 0. The summed E-state index contributed by atoms with van der Waals surface area (Å²) < 4.78 is 14.3. The van der Waals surface area contributed by atoms with E-state index in [4.69, 9.17) is 8.94 Å². The van der Waals surface area contributed by atoms with E-state index in [0.29, 0.717) is 0 Å². The third-order valence-electron chi connectivity index (χ3n) is 7.93. The van der Waals surface area contributed by atoms with Gasteiger partial charge in [-0.2, -0.15) is 0 Å². The molecule has 0 radical (unpaired) electrons. The van der Waals surface area contributed by atoms with Crippen LogP contribution in [0.3, 0.4) is 0 Å². The van der Waals surface area contributed by atoms with Gasteiger partial charge in [-0.05, 0) is 0 Å². The van der Waals surface area contributed by atoms with Crippen LogP contribution in [-0.2, 0) is 4.52 Å². The van der Waals surface area contributed by atoms with Gasteiger partial charge in [-0.25, -0.2) is 0 Å². The molecule has 1 fully saturated rings. The minimum atomic E-state index is -3.50. The predicted molar refractivity (Wildman–Crippen MR) is 151 cm³/mol. The van der Waals surface area contributed by atoms with Crippen LogP contribution in [0.1, 0.15) is 11.9 Å². The van der Waals surface area contributed by atoms with Gasteiger partial charge in [0.2, 0.25) is 0 Å². The molecule has 36 heavy (non-hydrogen) atoms. The Hall–Kier alpha value is -3.71. The number of furan rings is 1. The van der Waals surface area contributed by atoms with Crippen molar-refractivity contribution in [3.8, 4) is 0 Å². The SMILES string of the molecule is C1=CC2[C@@H](C=C1)P(c1ccccc1)(c1ccccc1)(c1ccccc1)O[C@H]2c1cc2ccccc2o1. The number of para-hydroxylation sites is 1. The van der Waals surface area contributed by atoms with E-state index in [9.17, 15) is 0 Å². The molecule has 2 aliphatic rings. The average molecular weight is 487 g/mol. The second-order valence-electron chi connectivity index (χ2n) is 9.66. The van der Waals surface area contributed by atoms with Crippen molar-refractivity contribution in [3.05, 3.63) is 151 Å². The molecular formula is C33H27O2P. The summed E-state index contributed by atoms with van der Waals surface area (Å²) in [7, 11) is 0. The molecule has 0 bridgehead atoms. The predicted octanol–water partition coefficient (Wildman–Crippen LogP) is 7.06. The van der Waals surface area contributed by atoms with Crippen molar-refractivity contribution in [1.82, 2.24) is 0 Å². The molecule has 2 heterocycles. The molecule has 1 unspecified atom stereocenters. The molecule has 176 valence electrons. The van der Waals surface area contributed by atoms with Crippen LogP contribution in [-0.4, -0.2) is 5.66 Å². The Morgan fingerprint density at radius 1 is 0.556 bits per heavy atom. The van der Waals surface area contributed by atoms with E-state index in [1.165, 1.54) is 15.9 Å². The number of allylic oxidation sites excluding steroid dienone is 3. The molecule has 1 aromatic heterocycles. The molecule has 1 saturated heterocycles. The molecule has 0 N–H and O–H groups in total. The first kappa shape index (κ1) is 21.6. The van der Waals surface area contributed by atoms with Gasteiger partial charge in [-0.15, -0.1) is 0 Å². The Balaban J connectivity index is 1.60. The fourth-order valence-electron chi connectivity index (χ4n) is 6.46. The summed E-state index contributed by atoms with van der Waals surface area (Å²) in [6.45, 7) is -3.50. The van der Waals surface area contributed by atoms with Gasteiger partial charge in [-0.1, -0.05) is 0 Å². The second-order valence-corrected chi connectivity index (χ2v) is 14.2. The van der Waals surface area contributed by atoms with Gasteiger partial charge in [0.15, 0.2) is 0 Å². The van der Waals surface area contributed by atoms with E-state index in [0.717, 1.165) is 16.7 Å². The third-order valence-corrected chi connectivity index (χ3v) is 14.2. The number of hydrogen-bond acceptors (Lipinski definition) is 2. The van der Waals surface area contributed by atoms with Crippen LogP contribution < -0.4 is 15.9 Å². The molecule has 5 aromatic rings. The zero-order valence-corrected chi connectivity index (χ0v) is 20.7. The quantitative estimate of drug-likeness (QED) is 0.254. The van der Waals surface area contributed by atoms with Crippen molar-refractivity contribution in [2.24, 2.45) is 5.92 Å². The molecule has 4 aromatic carbocycles. The van der Waals surface area contributed by atoms with Crippen LogP contribution in [0.5, 0.6) is 0 Å². The van der Waals surface area contributed by atoms with E-state index in [-0.39, 0.29) is 17.7 Å². The van der Waals surface area contributed by atoms with Crippen LogP contribution >= 0.6 is 6.83 Å². The maximum absolute atomic E-state index is 7.79. The standard InChI is InChI=1S/C33H27O2P/c1-4-15-26(16-5-1)36(27-17-6-2-7-18-27,28-19-8-3-9-20-28)32-23-13-11-21-29(32)33(35-36)31-24-25-14-10-12-22-30(25)34-31/h1-24,29,32-33H/t29?,32-,33-/m1/s1. The molecule has 1 aliphatic carbocycles. The summed E-state index contributed by atoms with van der Waals surface area (Å²) in [5.41, 5.74) is 1.03. The average Bonchev–Trinajstić information content (AvgIpc) is 3.54. The van der Waals surface area contributed by atoms with E-state index >= 15 is 0 Å². The number of rotatable bonds is 4. The molecule has 0 amide bonds. The van der Waals surface area contributed by atoms with Crippen molar-refractivity contribution in [3.63, 3.8) is 0 Å². The van der Waals surface area contributed by atoms with Crippen LogP contribution in [0.15, 0.2) is 150 Å². The monoisotopic (exact) mass is 486 g/mol. The van der Waals surface area contributed by atoms with Crippen molar-refractivity contribution >= 4 is 33.7 Å². The first-order chi connectivity index (χ1) is 17.8. The number of fused-ring (bicyclic) bond motifs is 2. The molecule has 7 rings (SSSR count).